The Bertz CT molecular complexity index is 8.00. The number of rotatable bonds is 0. The summed E-state index contributed by atoms with van der Waals surface area (Å²) in [5, 5.41) is 0. The summed E-state index contributed by atoms with van der Waals surface area (Å²) < 4.78 is 8.25. The molecule has 0 aromatic carbocycles. The SMILES string of the molecule is [Cd].[O]=[Ge].[Zn]. The third-order valence-corrected chi connectivity index (χ3v) is 0. The summed E-state index contributed by atoms with van der Waals surface area (Å²) in [6.07, 6.45) is 0. The fourth-order valence-corrected chi connectivity index (χ4v) is 0. The van der Waals surface area contributed by atoms with Crippen LogP contribution in [0.4, 0.5) is 0 Å². The van der Waals surface area contributed by atoms with Gasteiger partial charge in [0.15, 0.2) is 0 Å². The summed E-state index contributed by atoms with van der Waals surface area (Å²) >= 11 is 0.750. The van der Waals surface area contributed by atoms with E-state index in [1.807, 2.05) is 0 Å². The van der Waals surface area contributed by atoms with Crippen LogP contribution in [0.2, 0.25) is 0 Å². The van der Waals surface area contributed by atoms with Crippen LogP contribution < -0.4 is 0 Å². The van der Waals surface area contributed by atoms with E-state index in [0.717, 1.165) is 16.5 Å². The Labute approximate surface area is 66.3 Å². The Morgan fingerprint density at radius 1 is 1.25 bits per heavy atom. The predicted molar refractivity (Wildman–Crippen MR) is 6.44 cm³/mol. The van der Waals surface area contributed by atoms with Crippen molar-refractivity contribution in [1.29, 1.82) is 0 Å². The van der Waals surface area contributed by atoms with Gasteiger partial charge in [0.05, 0.1) is 0 Å². The number of hydrogen-bond donors (Lipinski definition) is 0. The first kappa shape index (κ1) is 16.9. The Balaban J connectivity index is -0.00000000500. The van der Waals surface area contributed by atoms with Gasteiger partial charge >= 0.3 is 20.2 Å². The van der Waals surface area contributed by atoms with Crippen molar-refractivity contribution in [2.24, 2.45) is 0 Å². The zero-order valence-corrected chi connectivity index (χ0v) is 11.4. The van der Waals surface area contributed by atoms with Gasteiger partial charge in [-0.05, 0) is 0 Å². The van der Waals surface area contributed by atoms with Crippen LogP contribution in [0.25, 0.3) is 0 Å². The van der Waals surface area contributed by atoms with Crippen LogP contribution in [0.1, 0.15) is 0 Å². The first-order valence-electron chi connectivity index (χ1n) is 0.204. The van der Waals surface area contributed by atoms with Crippen LogP contribution in [-0.4, -0.2) is 16.5 Å². The normalized spacial score (nSPS) is 1.00. The van der Waals surface area contributed by atoms with E-state index in [1.165, 1.54) is 0 Å². The minimum absolute atomic E-state index is 0. The van der Waals surface area contributed by atoms with E-state index in [-0.39, 0.29) is 46.8 Å². The Morgan fingerprint density at radius 2 is 1.25 bits per heavy atom. The van der Waals surface area contributed by atoms with Crippen molar-refractivity contribution < 1.29 is 50.6 Å². The molecular weight excluding hydrogens is 266 g/mol. The molecule has 0 aliphatic carbocycles. The molecule has 0 spiro atoms. The van der Waals surface area contributed by atoms with Crippen LogP contribution in [0, 0.1) is 0 Å². The second-order valence-corrected chi connectivity index (χ2v) is 0. The van der Waals surface area contributed by atoms with Gasteiger partial charge in [-0.15, -0.1) is 0 Å². The third-order valence-electron chi connectivity index (χ3n) is 0. The van der Waals surface area contributed by atoms with Gasteiger partial charge in [-0.3, -0.25) is 0 Å². The minimum Gasteiger partial charge on any atom is 0 e. The fourth-order valence-electron chi connectivity index (χ4n) is 0. The van der Waals surface area contributed by atoms with E-state index < -0.39 is 0 Å². The molecule has 0 aromatic rings. The van der Waals surface area contributed by atoms with Gasteiger partial charge in [0.1, 0.15) is 0 Å². The molecule has 0 aromatic heterocycles. The first-order chi connectivity index (χ1) is 1.00. The molecule has 2 radical (unpaired) electrons. The van der Waals surface area contributed by atoms with E-state index in [2.05, 4.69) is 0 Å². The van der Waals surface area contributed by atoms with Crippen LogP contribution in [-0.2, 0) is 50.6 Å². The van der Waals surface area contributed by atoms with E-state index in [9.17, 15) is 0 Å². The van der Waals surface area contributed by atoms with Crippen molar-refractivity contribution in [3.8, 4) is 0 Å². The topological polar surface area (TPSA) is 17.1 Å². The molecule has 0 rings (SSSR count). The van der Waals surface area contributed by atoms with Crippen molar-refractivity contribution in [3.05, 3.63) is 0 Å². The minimum atomic E-state index is 0. The average molecular weight is 266 g/mol. The Kier molecular flexibility index (Phi) is 87.4. The molecule has 1 nitrogen and oxygen atoms in total. The van der Waals surface area contributed by atoms with Crippen molar-refractivity contribution in [2.45, 2.75) is 0 Å². The number of hydrogen-bond acceptors (Lipinski definition) is 1. The summed E-state index contributed by atoms with van der Waals surface area (Å²) in [7, 11) is 0. The van der Waals surface area contributed by atoms with Gasteiger partial charge in [0.25, 0.3) is 0 Å². The fraction of sp³-hybridized carbons (Fsp3) is 0. The predicted octanol–water partition coefficient (Wildman–Crippen LogP) is -0.505. The molecule has 4 heteroatoms. The maximum atomic E-state index is 8.25. The van der Waals surface area contributed by atoms with Crippen LogP contribution in [0.5, 0.6) is 0 Å². The standard InChI is InChI=1S/Cd.GeO.Zn/c;1-2;. The smallest absolute Gasteiger partial charge is 0 e. The summed E-state index contributed by atoms with van der Waals surface area (Å²) in [5.74, 6) is 0. The van der Waals surface area contributed by atoms with Crippen molar-refractivity contribution >= 4 is 16.5 Å². The van der Waals surface area contributed by atoms with E-state index in [0.29, 0.717) is 0 Å². The molecule has 0 aliphatic rings. The monoisotopic (exact) mass is 268 g/mol. The summed E-state index contributed by atoms with van der Waals surface area (Å²) in [6.45, 7) is 0. The zero-order valence-electron chi connectivity index (χ0n) is 2.32. The molecule has 0 saturated heterocycles. The average Bonchev–Trinajstić information content (AvgIpc) is 1.00. The maximum Gasteiger partial charge on any atom is 0 e. The Morgan fingerprint density at radius 3 is 1.25 bits per heavy atom. The summed E-state index contributed by atoms with van der Waals surface area (Å²) in [4.78, 5) is 0. The van der Waals surface area contributed by atoms with Gasteiger partial charge in [-0.25, -0.2) is 0 Å². The zero-order chi connectivity index (χ0) is 2.00. The first-order valence-corrected chi connectivity index (χ1v) is 1.06. The molecule has 0 N–H and O–H groups in total. The second-order valence-electron chi connectivity index (χ2n) is 0. The van der Waals surface area contributed by atoms with Gasteiger partial charge in [0.2, 0.25) is 0 Å². The molecule has 0 fully saturated rings. The molecule has 0 heterocycles. The van der Waals surface area contributed by atoms with Crippen molar-refractivity contribution in [2.75, 3.05) is 0 Å². The van der Waals surface area contributed by atoms with Gasteiger partial charge in [-0.2, -0.15) is 0 Å². The third kappa shape index (κ3) is 9.10. The van der Waals surface area contributed by atoms with Crippen LogP contribution >= 0.6 is 0 Å². The molecule has 0 saturated carbocycles. The molecular formula is CdGeOZn. The molecule has 0 bridgehead atoms. The van der Waals surface area contributed by atoms with Crippen molar-refractivity contribution in [3.63, 3.8) is 0 Å². The molecule has 0 aliphatic heterocycles. The molecule has 0 unspecified atom stereocenters. The quantitative estimate of drug-likeness (QED) is 0.540. The van der Waals surface area contributed by atoms with E-state index >= 15 is 0 Å². The van der Waals surface area contributed by atoms with Crippen molar-refractivity contribution in [1.82, 2.24) is 0 Å². The largest absolute Gasteiger partial charge is 0 e. The summed E-state index contributed by atoms with van der Waals surface area (Å²) in [6, 6.07) is 0. The van der Waals surface area contributed by atoms with Gasteiger partial charge in [-0.1, -0.05) is 0 Å². The van der Waals surface area contributed by atoms with Gasteiger partial charge in [0, 0.05) is 46.8 Å². The Hall–Kier alpha value is 1.89. The van der Waals surface area contributed by atoms with Crippen LogP contribution in [0.15, 0.2) is 0 Å². The summed E-state index contributed by atoms with van der Waals surface area (Å²) in [5.41, 5.74) is 0. The molecule has 14 valence electrons. The van der Waals surface area contributed by atoms with Crippen LogP contribution in [0.3, 0.4) is 0 Å². The molecule has 0 amide bonds. The molecule has 0 atom stereocenters. The van der Waals surface area contributed by atoms with E-state index in [1.54, 1.807) is 0 Å². The van der Waals surface area contributed by atoms with Gasteiger partial charge < -0.3 is 0 Å². The molecule has 4 heavy (non-hydrogen) atoms. The second kappa shape index (κ2) is 20.7. The maximum absolute atomic E-state index is 8.25. The van der Waals surface area contributed by atoms with E-state index in [4.69, 9.17) is 3.78 Å².